The summed E-state index contributed by atoms with van der Waals surface area (Å²) in [6.07, 6.45) is 0.108. The Labute approximate surface area is 192 Å². The minimum absolute atomic E-state index is 0.0281. The van der Waals surface area contributed by atoms with E-state index in [4.69, 9.17) is 18.9 Å². The Hall–Kier alpha value is -2.12. The Morgan fingerprint density at radius 3 is 2.53 bits per heavy atom. The number of alkyl carbamates (subject to hydrolysis) is 1. The van der Waals surface area contributed by atoms with Gasteiger partial charge in [0.15, 0.2) is 6.04 Å². The van der Waals surface area contributed by atoms with E-state index in [0.29, 0.717) is 19.1 Å². The van der Waals surface area contributed by atoms with Gasteiger partial charge in [0.05, 0.1) is 12.7 Å². The number of carbonyl (C=O) groups is 2. The average Bonchev–Trinajstić information content (AvgIpc) is 2.68. The van der Waals surface area contributed by atoms with E-state index in [0.717, 1.165) is 12.8 Å². The van der Waals surface area contributed by atoms with E-state index in [2.05, 4.69) is 31.3 Å². The number of ether oxygens (including phenoxy) is 4. The zero-order valence-electron chi connectivity index (χ0n) is 20.3. The van der Waals surface area contributed by atoms with Crippen LogP contribution in [0.4, 0.5) is 4.79 Å². The van der Waals surface area contributed by atoms with E-state index in [9.17, 15) is 9.59 Å². The standard InChI is InChI=1S/C25H39NO6/c1-17(2)15-30-22-18(3)31-23(27)21(26-24(28)32-25(4,5)6)16-29-13-12-20(22)14-19-10-8-7-9-11-19/h7-11,17-18,20-22H,12-16H2,1-6H3,(H,26,28)/t18-,20+,21-,22-/m0/s1. The molecule has 1 amide bonds. The van der Waals surface area contributed by atoms with E-state index in [1.807, 2.05) is 25.1 Å². The third-order valence-electron chi connectivity index (χ3n) is 5.09. The summed E-state index contributed by atoms with van der Waals surface area (Å²) in [6, 6.07) is 9.28. The molecule has 1 heterocycles. The van der Waals surface area contributed by atoms with E-state index in [-0.39, 0.29) is 18.6 Å². The molecule has 1 aromatic rings. The molecule has 2 rings (SSSR count). The molecule has 0 aromatic heterocycles. The van der Waals surface area contributed by atoms with Crippen molar-refractivity contribution in [3.8, 4) is 0 Å². The maximum atomic E-state index is 12.9. The lowest BCUT2D eigenvalue weighted by Gasteiger charge is -2.34. The van der Waals surface area contributed by atoms with Crippen molar-refractivity contribution in [1.29, 1.82) is 0 Å². The first-order valence-corrected chi connectivity index (χ1v) is 11.5. The number of benzene rings is 1. The van der Waals surface area contributed by atoms with Gasteiger partial charge in [-0.25, -0.2) is 9.59 Å². The molecular weight excluding hydrogens is 410 g/mol. The largest absolute Gasteiger partial charge is 0.458 e. The number of nitrogens with one attached hydrogen (secondary N) is 1. The molecule has 7 heteroatoms. The van der Waals surface area contributed by atoms with Crippen LogP contribution in [0.2, 0.25) is 0 Å². The first-order valence-electron chi connectivity index (χ1n) is 11.5. The van der Waals surface area contributed by atoms with E-state index >= 15 is 0 Å². The molecule has 0 aliphatic carbocycles. The van der Waals surface area contributed by atoms with Gasteiger partial charge in [-0.3, -0.25) is 0 Å². The molecule has 7 nitrogen and oxygen atoms in total. The SMILES string of the molecule is CC(C)CO[C@@H]1[C@@H](Cc2ccccc2)CCOC[C@H](NC(=O)OC(C)(C)C)C(=O)O[C@H]1C. The maximum Gasteiger partial charge on any atom is 0.408 e. The highest BCUT2D eigenvalue weighted by Gasteiger charge is 2.35. The summed E-state index contributed by atoms with van der Waals surface area (Å²) in [6.45, 7) is 12.4. The Kier molecular flexibility index (Phi) is 9.97. The van der Waals surface area contributed by atoms with Crippen molar-refractivity contribution in [3.63, 3.8) is 0 Å². The Morgan fingerprint density at radius 2 is 1.91 bits per heavy atom. The smallest absolute Gasteiger partial charge is 0.408 e. The van der Waals surface area contributed by atoms with Gasteiger partial charge in [0, 0.05) is 13.2 Å². The van der Waals surface area contributed by atoms with Crippen molar-refractivity contribution in [3.05, 3.63) is 35.9 Å². The lowest BCUT2D eigenvalue weighted by Crippen LogP contribution is -2.50. The van der Waals surface area contributed by atoms with Crippen molar-refractivity contribution in [1.82, 2.24) is 5.32 Å². The average molecular weight is 450 g/mol. The van der Waals surface area contributed by atoms with Gasteiger partial charge in [0.1, 0.15) is 11.7 Å². The zero-order valence-corrected chi connectivity index (χ0v) is 20.3. The highest BCUT2D eigenvalue weighted by atomic mass is 16.6. The molecular formula is C25H39NO6. The van der Waals surface area contributed by atoms with Crippen LogP contribution in [0.15, 0.2) is 30.3 Å². The molecule has 32 heavy (non-hydrogen) atoms. The fourth-order valence-electron chi connectivity index (χ4n) is 3.64. The molecule has 0 saturated carbocycles. The minimum atomic E-state index is -0.941. The van der Waals surface area contributed by atoms with E-state index in [1.54, 1.807) is 20.8 Å². The number of hydrogen-bond donors (Lipinski definition) is 1. The van der Waals surface area contributed by atoms with Gasteiger partial charge < -0.3 is 24.3 Å². The molecule has 180 valence electrons. The van der Waals surface area contributed by atoms with Gasteiger partial charge in [0.25, 0.3) is 0 Å². The lowest BCUT2D eigenvalue weighted by atomic mass is 9.88. The summed E-state index contributed by atoms with van der Waals surface area (Å²) >= 11 is 0. The van der Waals surface area contributed by atoms with E-state index < -0.39 is 29.8 Å². The van der Waals surface area contributed by atoms with Crippen LogP contribution in [-0.2, 0) is 30.2 Å². The predicted octanol–water partition coefficient (Wildman–Crippen LogP) is 4.13. The Balaban J connectivity index is 2.14. The molecule has 1 aromatic carbocycles. The second-order valence-electron chi connectivity index (χ2n) is 9.85. The van der Waals surface area contributed by atoms with Gasteiger partial charge in [-0.2, -0.15) is 0 Å². The van der Waals surface area contributed by atoms with Gasteiger partial charge >= 0.3 is 12.1 Å². The van der Waals surface area contributed by atoms with Gasteiger partial charge in [-0.05, 0) is 57.9 Å². The molecule has 1 aliphatic rings. The predicted molar refractivity (Wildman–Crippen MR) is 122 cm³/mol. The van der Waals surface area contributed by atoms with Crippen LogP contribution in [0.5, 0.6) is 0 Å². The number of hydrogen-bond acceptors (Lipinski definition) is 6. The highest BCUT2D eigenvalue weighted by Crippen LogP contribution is 2.25. The van der Waals surface area contributed by atoms with Crippen LogP contribution in [0.1, 0.15) is 53.5 Å². The topological polar surface area (TPSA) is 83.1 Å². The molecule has 4 atom stereocenters. The minimum Gasteiger partial charge on any atom is -0.458 e. The van der Waals surface area contributed by atoms with E-state index in [1.165, 1.54) is 5.56 Å². The molecule has 1 saturated heterocycles. The molecule has 0 unspecified atom stereocenters. The zero-order chi connectivity index (χ0) is 23.7. The lowest BCUT2D eigenvalue weighted by molar-refractivity contribution is -0.166. The number of esters is 1. The van der Waals surface area contributed by atoms with Crippen LogP contribution >= 0.6 is 0 Å². The monoisotopic (exact) mass is 449 g/mol. The normalized spacial score (nSPS) is 25.2. The molecule has 0 radical (unpaired) electrons. The molecule has 0 bridgehead atoms. The Bertz CT molecular complexity index is 715. The van der Waals surface area contributed by atoms with Crippen molar-refractivity contribution in [2.45, 2.75) is 78.2 Å². The summed E-state index contributed by atoms with van der Waals surface area (Å²) in [5.41, 5.74) is 0.536. The first kappa shape index (κ1) is 26.1. The summed E-state index contributed by atoms with van der Waals surface area (Å²) < 4.78 is 23.1. The van der Waals surface area contributed by atoms with Crippen LogP contribution in [0.3, 0.4) is 0 Å². The third-order valence-corrected chi connectivity index (χ3v) is 5.09. The second-order valence-corrected chi connectivity index (χ2v) is 9.85. The van der Waals surface area contributed by atoms with Gasteiger partial charge in [0.2, 0.25) is 0 Å². The van der Waals surface area contributed by atoms with Crippen molar-refractivity contribution in [2.24, 2.45) is 11.8 Å². The van der Waals surface area contributed by atoms with Crippen molar-refractivity contribution >= 4 is 12.1 Å². The number of amides is 1. The fraction of sp³-hybridized carbons (Fsp3) is 0.680. The fourth-order valence-corrected chi connectivity index (χ4v) is 3.64. The quantitative estimate of drug-likeness (QED) is 0.658. The van der Waals surface area contributed by atoms with Crippen LogP contribution < -0.4 is 5.32 Å². The third kappa shape index (κ3) is 9.17. The maximum absolute atomic E-state index is 12.9. The molecule has 1 fully saturated rings. The van der Waals surface area contributed by atoms with Crippen LogP contribution in [0.25, 0.3) is 0 Å². The first-order chi connectivity index (χ1) is 15.0. The second kappa shape index (κ2) is 12.2. The van der Waals surface area contributed by atoms with Crippen molar-refractivity contribution < 1.29 is 28.5 Å². The molecule has 1 N–H and O–H groups in total. The van der Waals surface area contributed by atoms with Gasteiger partial charge in [-0.15, -0.1) is 0 Å². The number of carbonyl (C=O) groups excluding carboxylic acids is 2. The molecule has 0 spiro atoms. The Morgan fingerprint density at radius 1 is 1.22 bits per heavy atom. The number of cyclic esters (lactones) is 1. The van der Waals surface area contributed by atoms with Crippen molar-refractivity contribution in [2.75, 3.05) is 19.8 Å². The van der Waals surface area contributed by atoms with Crippen LogP contribution in [-0.4, -0.2) is 55.7 Å². The molecule has 1 aliphatic heterocycles. The number of rotatable bonds is 6. The summed E-state index contributed by atoms with van der Waals surface area (Å²) in [5.74, 6) is -0.0836. The summed E-state index contributed by atoms with van der Waals surface area (Å²) in [4.78, 5) is 25.0. The summed E-state index contributed by atoms with van der Waals surface area (Å²) in [7, 11) is 0. The summed E-state index contributed by atoms with van der Waals surface area (Å²) in [5, 5.41) is 2.58. The highest BCUT2D eigenvalue weighted by molar-refractivity contribution is 5.81. The van der Waals surface area contributed by atoms with Gasteiger partial charge in [-0.1, -0.05) is 44.2 Å². The van der Waals surface area contributed by atoms with Crippen LogP contribution in [0, 0.1) is 11.8 Å².